The first-order chi connectivity index (χ1) is 9.11. The Balaban J connectivity index is 2.38. The molecule has 1 N–H and O–H groups in total. The third kappa shape index (κ3) is 3.55. The van der Waals surface area contributed by atoms with Crippen LogP contribution in [0.5, 0.6) is 0 Å². The predicted molar refractivity (Wildman–Crippen MR) is 79.3 cm³/mol. The number of rotatable bonds is 6. The number of nitrogens with zero attached hydrogens (tertiary/aromatic N) is 3. The fraction of sp³-hybridized carbons (Fsp3) is 0.364. The summed E-state index contributed by atoms with van der Waals surface area (Å²) in [7, 11) is 0. The zero-order valence-corrected chi connectivity index (χ0v) is 12.6. The molecule has 0 aliphatic rings. The van der Waals surface area contributed by atoms with Crippen molar-refractivity contribution in [1.29, 1.82) is 0 Å². The van der Waals surface area contributed by atoms with Gasteiger partial charge in [-0.3, -0.25) is 4.79 Å². The van der Waals surface area contributed by atoms with Crippen LogP contribution in [0.1, 0.15) is 0 Å². The molecule has 2 rings (SSSR count). The highest BCUT2D eigenvalue weighted by molar-refractivity contribution is 7.99. The topological polar surface area (TPSA) is 68.0 Å². The molecule has 102 valence electrons. The Morgan fingerprint density at radius 1 is 1.58 bits per heavy atom. The number of halogens is 1. The van der Waals surface area contributed by atoms with Crippen LogP contribution in [-0.2, 0) is 11.3 Å². The second kappa shape index (κ2) is 6.49. The third-order valence-electron chi connectivity index (χ3n) is 2.36. The van der Waals surface area contributed by atoms with E-state index in [0.717, 1.165) is 17.9 Å². The average molecular weight is 318 g/mol. The van der Waals surface area contributed by atoms with Gasteiger partial charge in [0.1, 0.15) is 5.52 Å². The standard InChI is InChI=1S/C11H12ClN3O2S2/c1-18-3-2-15-10-8(4-7(12)5-13-10)14-11(15)19-6-9(16)17/h4-5H,2-3,6H2,1H3,(H,16,17). The van der Waals surface area contributed by atoms with E-state index in [1.165, 1.54) is 11.8 Å². The maximum atomic E-state index is 10.7. The highest BCUT2D eigenvalue weighted by Gasteiger charge is 2.13. The van der Waals surface area contributed by atoms with Gasteiger partial charge in [-0.05, 0) is 12.3 Å². The van der Waals surface area contributed by atoms with Crippen molar-refractivity contribution in [2.45, 2.75) is 11.7 Å². The van der Waals surface area contributed by atoms with Gasteiger partial charge in [-0.15, -0.1) is 0 Å². The number of hydrogen-bond acceptors (Lipinski definition) is 5. The summed E-state index contributed by atoms with van der Waals surface area (Å²) in [6, 6.07) is 1.74. The van der Waals surface area contributed by atoms with Gasteiger partial charge < -0.3 is 9.67 Å². The van der Waals surface area contributed by atoms with Crippen molar-refractivity contribution in [2.75, 3.05) is 17.8 Å². The van der Waals surface area contributed by atoms with Gasteiger partial charge in [0.15, 0.2) is 10.8 Å². The van der Waals surface area contributed by atoms with Crippen molar-refractivity contribution in [3.05, 3.63) is 17.3 Å². The quantitative estimate of drug-likeness (QED) is 0.826. The lowest BCUT2D eigenvalue weighted by atomic mass is 10.4. The summed E-state index contributed by atoms with van der Waals surface area (Å²) in [5.74, 6) is 0.0339. The molecule has 0 aliphatic heterocycles. The van der Waals surface area contributed by atoms with Crippen molar-refractivity contribution in [2.24, 2.45) is 0 Å². The first-order valence-electron chi connectivity index (χ1n) is 5.47. The van der Waals surface area contributed by atoms with Crippen LogP contribution < -0.4 is 0 Å². The van der Waals surface area contributed by atoms with Crippen molar-refractivity contribution >= 4 is 52.3 Å². The van der Waals surface area contributed by atoms with E-state index in [4.69, 9.17) is 16.7 Å². The molecular formula is C11H12ClN3O2S2. The van der Waals surface area contributed by atoms with Crippen LogP contribution in [0.4, 0.5) is 0 Å². The number of hydrogen-bond donors (Lipinski definition) is 1. The summed E-state index contributed by atoms with van der Waals surface area (Å²) >= 11 is 8.81. The average Bonchev–Trinajstić information content (AvgIpc) is 2.70. The molecule has 0 saturated heterocycles. The molecule has 2 heterocycles. The number of carboxylic acid groups (broad SMARTS) is 1. The number of fused-ring (bicyclic) bond motifs is 1. The maximum Gasteiger partial charge on any atom is 0.313 e. The predicted octanol–water partition coefficient (Wildman–Crippen LogP) is 2.62. The summed E-state index contributed by atoms with van der Waals surface area (Å²) in [4.78, 5) is 19.4. The second-order valence-corrected chi connectivity index (χ2v) is 6.08. The van der Waals surface area contributed by atoms with E-state index < -0.39 is 5.97 Å². The molecule has 2 aromatic rings. The molecule has 0 atom stereocenters. The molecule has 0 unspecified atom stereocenters. The van der Waals surface area contributed by atoms with Crippen molar-refractivity contribution < 1.29 is 9.90 Å². The van der Waals surface area contributed by atoms with Gasteiger partial charge in [-0.1, -0.05) is 23.4 Å². The third-order valence-corrected chi connectivity index (χ3v) is 4.12. The van der Waals surface area contributed by atoms with Crippen LogP contribution in [0.25, 0.3) is 11.2 Å². The number of thioether (sulfide) groups is 2. The fourth-order valence-corrected chi connectivity index (χ4v) is 2.85. The molecule has 0 saturated carbocycles. The van der Waals surface area contributed by atoms with Gasteiger partial charge in [-0.25, -0.2) is 9.97 Å². The Labute approximate surface area is 123 Å². The summed E-state index contributed by atoms with van der Waals surface area (Å²) in [5, 5.41) is 9.95. The lowest BCUT2D eigenvalue weighted by Gasteiger charge is -2.06. The van der Waals surface area contributed by atoms with Gasteiger partial charge in [0.2, 0.25) is 0 Å². The van der Waals surface area contributed by atoms with Crippen LogP contribution >= 0.6 is 35.1 Å². The fourth-order valence-electron chi connectivity index (χ4n) is 1.59. The molecule has 0 radical (unpaired) electrons. The van der Waals surface area contributed by atoms with Crippen molar-refractivity contribution in [3.63, 3.8) is 0 Å². The molecule has 0 aromatic carbocycles. The van der Waals surface area contributed by atoms with Crippen LogP contribution in [0.15, 0.2) is 17.4 Å². The van der Waals surface area contributed by atoms with E-state index >= 15 is 0 Å². The van der Waals surface area contributed by atoms with E-state index in [2.05, 4.69) is 9.97 Å². The van der Waals surface area contributed by atoms with Crippen molar-refractivity contribution in [1.82, 2.24) is 14.5 Å². The number of aliphatic carboxylic acids is 1. The minimum atomic E-state index is -0.862. The zero-order valence-electron chi connectivity index (χ0n) is 10.2. The summed E-state index contributed by atoms with van der Waals surface area (Å²) in [5.41, 5.74) is 1.44. The molecule has 2 aromatic heterocycles. The minimum absolute atomic E-state index is 0.0175. The molecule has 5 nitrogen and oxygen atoms in total. The van der Waals surface area contributed by atoms with Gasteiger partial charge in [-0.2, -0.15) is 11.8 Å². The SMILES string of the molecule is CSCCn1c(SCC(=O)O)nc2cc(Cl)cnc21. The Morgan fingerprint density at radius 3 is 3.05 bits per heavy atom. The second-order valence-electron chi connectivity index (χ2n) is 3.72. The van der Waals surface area contributed by atoms with Gasteiger partial charge >= 0.3 is 5.97 Å². The largest absolute Gasteiger partial charge is 0.481 e. The molecule has 0 bridgehead atoms. The number of aryl methyl sites for hydroxylation is 1. The summed E-state index contributed by atoms with van der Waals surface area (Å²) in [6.45, 7) is 0.744. The van der Waals surface area contributed by atoms with Crippen LogP contribution in [0, 0.1) is 0 Å². The first-order valence-corrected chi connectivity index (χ1v) is 8.23. The van der Waals surface area contributed by atoms with E-state index in [1.54, 1.807) is 24.0 Å². The number of carboxylic acids is 1. The Morgan fingerprint density at radius 2 is 2.37 bits per heavy atom. The molecule has 0 spiro atoms. The Kier molecular flexibility index (Phi) is 4.95. The Hall–Kier alpha value is -0.920. The van der Waals surface area contributed by atoms with Gasteiger partial charge in [0, 0.05) is 18.5 Å². The van der Waals surface area contributed by atoms with E-state index in [1.807, 2.05) is 10.8 Å². The summed E-state index contributed by atoms with van der Waals surface area (Å²) in [6.07, 6.45) is 3.60. The van der Waals surface area contributed by atoms with Gasteiger partial charge in [0.05, 0.1) is 10.8 Å². The van der Waals surface area contributed by atoms with E-state index in [0.29, 0.717) is 15.7 Å². The molecule has 0 fully saturated rings. The first kappa shape index (κ1) is 14.5. The lowest BCUT2D eigenvalue weighted by molar-refractivity contribution is -0.133. The molecule has 8 heteroatoms. The number of imidazole rings is 1. The summed E-state index contributed by atoms with van der Waals surface area (Å²) < 4.78 is 1.94. The van der Waals surface area contributed by atoms with E-state index in [-0.39, 0.29) is 5.75 Å². The van der Waals surface area contributed by atoms with E-state index in [9.17, 15) is 4.79 Å². The minimum Gasteiger partial charge on any atom is -0.481 e. The monoisotopic (exact) mass is 317 g/mol. The zero-order chi connectivity index (χ0) is 13.8. The Bertz CT molecular complexity index is 603. The van der Waals surface area contributed by atoms with Gasteiger partial charge in [0.25, 0.3) is 0 Å². The van der Waals surface area contributed by atoms with Crippen LogP contribution in [0.2, 0.25) is 5.02 Å². The highest BCUT2D eigenvalue weighted by Crippen LogP contribution is 2.24. The smallest absolute Gasteiger partial charge is 0.313 e. The molecule has 0 amide bonds. The number of aromatic nitrogens is 3. The molecular weight excluding hydrogens is 306 g/mol. The van der Waals surface area contributed by atoms with Crippen LogP contribution in [0.3, 0.4) is 0 Å². The normalized spacial score (nSPS) is 11.1. The number of carbonyl (C=O) groups is 1. The highest BCUT2D eigenvalue weighted by atomic mass is 35.5. The van der Waals surface area contributed by atoms with Crippen LogP contribution in [-0.4, -0.2) is 43.4 Å². The molecule has 0 aliphatic carbocycles. The maximum absolute atomic E-state index is 10.7. The molecule has 19 heavy (non-hydrogen) atoms. The number of pyridine rings is 1. The van der Waals surface area contributed by atoms with Crippen molar-refractivity contribution in [3.8, 4) is 0 Å². The lowest BCUT2D eigenvalue weighted by Crippen LogP contribution is -2.05.